The number of hydrogen-bond acceptors (Lipinski definition) is 3. The Hall–Kier alpha value is -1.32. The second-order valence-electron chi connectivity index (χ2n) is 3.07. The van der Waals surface area contributed by atoms with Gasteiger partial charge in [-0.15, -0.1) is 6.58 Å². The first-order valence-electron chi connectivity index (χ1n) is 4.57. The fourth-order valence-electron chi connectivity index (χ4n) is 0.828. The third kappa shape index (κ3) is 4.07. The second-order valence-corrected chi connectivity index (χ2v) is 3.07. The van der Waals surface area contributed by atoms with E-state index < -0.39 is 17.9 Å². The summed E-state index contributed by atoms with van der Waals surface area (Å²) in [7, 11) is 0. The van der Waals surface area contributed by atoms with Crippen LogP contribution in [0.3, 0.4) is 0 Å². The number of esters is 1. The van der Waals surface area contributed by atoms with Gasteiger partial charge in [0.05, 0.1) is 6.10 Å². The van der Waals surface area contributed by atoms with Crippen molar-refractivity contribution in [1.29, 1.82) is 0 Å². The first-order valence-corrected chi connectivity index (χ1v) is 4.57. The van der Waals surface area contributed by atoms with Crippen molar-refractivity contribution in [2.45, 2.75) is 32.8 Å². The molecule has 0 heterocycles. The van der Waals surface area contributed by atoms with E-state index in [4.69, 9.17) is 9.84 Å². The van der Waals surface area contributed by atoms with E-state index in [0.717, 1.165) is 0 Å². The third-order valence-corrected chi connectivity index (χ3v) is 1.88. The molecular weight excluding hydrogens is 184 g/mol. The molecule has 2 unspecified atom stereocenters. The Labute approximate surface area is 83.6 Å². The van der Waals surface area contributed by atoms with E-state index in [1.165, 1.54) is 6.08 Å². The molecule has 1 N–H and O–H groups in total. The van der Waals surface area contributed by atoms with Crippen LogP contribution in [0.5, 0.6) is 0 Å². The average Bonchev–Trinajstić information content (AvgIpc) is 2.13. The van der Waals surface area contributed by atoms with Gasteiger partial charge in [-0.2, -0.15) is 0 Å². The van der Waals surface area contributed by atoms with Crippen LogP contribution in [0.4, 0.5) is 0 Å². The summed E-state index contributed by atoms with van der Waals surface area (Å²) in [5.74, 6) is -2.98. The number of rotatable bonds is 6. The molecule has 4 nitrogen and oxygen atoms in total. The van der Waals surface area contributed by atoms with Crippen LogP contribution in [0.2, 0.25) is 0 Å². The van der Waals surface area contributed by atoms with Gasteiger partial charge in [-0.05, 0) is 19.8 Å². The molecule has 0 saturated carbocycles. The third-order valence-electron chi connectivity index (χ3n) is 1.88. The van der Waals surface area contributed by atoms with Crippen molar-refractivity contribution in [2.24, 2.45) is 5.92 Å². The van der Waals surface area contributed by atoms with Crippen LogP contribution in [-0.2, 0) is 14.3 Å². The number of carboxylic acids is 1. The van der Waals surface area contributed by atoms with Gasteiger partial charge in [0, 0.05) is 0 Å². The number of aliphatic carboxylic acids is 1. The Bertz CT molecular complexity index is 222. The first kappa shape index (κ1) is 12.7. The molecule has 0 aromatic rings. The molecule has 0 bridgehead atoms. The van der Waals surface area contributed by atoms with Crippen molar-refractivity contribution in [3.8, 4) is 0 Å². The molecule has 0 aromatic heterocycles. The van der Waals surface area contributed by atoms with Gasteiger partial charge >= 0.3 is 11.9 Å². The van der Waals surface area contributed by atoms with E-state index in [9.17, 15) is 9.59 Å². The molecule has 0 aliphatic heterocycles. The van der Waals surface area contributed by atoms with Crippen molar-refractivity contribution in [3.05, 3.63) is 12.7 Å². The number of carboxylic acid groups (broad SMARTS) is 1. The SMILES string of the molecule is C=CCC(C(=O)O)C(=O)OC(C)CC. The summed E-state index contributed by atoms with van der Waals surface area (Å²) in [6.07, 6.45) is 1.93. The Kier molecular flexibility index (Phi) is 5.60. The molecule has 0 radical (unpaired) electrons. The first-order chi connectivity index (χ1) is 6.52. The molecule has 0 fully saturated rings. The Balaban J connectivity index is 4.29. The van der Waals surface area contributed by atoms with Crippen molar-refractivity contribution >= 4 is 11.9 Å². The summed E-state index contributed by atoms with van der Waals surface area (Å²) in [5.41, 5.74) is 0. The molecule has 4 heteroatoms. The van der Waals surface area contributed by atoms with Crippen LogP contribution in [0.1, 0.15) is 26.7 Å². The average molecular weight is 200 g/mol. The van der Waals surface area contributed by atoms with Gasteiger partial charge in [0.15, 0.2) is 5.92 Å². The lowest BCUT2D eigenvalue weighted by Gasteiger charge is -2.14. The highest BCUT2D eigenvalue weighted by Crippen LogP contribution is 2.09. The van der Waals surface area contributed by atoms with Crippen LogP contribution >= 0.6 is 0 Å². The second kappa shape index (κ2) is 6.18. The molecule has 0 aliphatic rings. The predicted octanol–water partition coefficient (Wildman–Crippen LogP) is 1.60. The van der Waals surface area contributed by atoms with E-state index in [2.05, 4.69) is 6.58 Å². The van der Waals surface area contributed by atoms with Crippen molar-refractivity contribution in [3.63, 3.8) is 0 Å². The minimum absolute atomic E-state index is 0.102. The minimum atomic E-state index is -1.17. The lowest BCUT2D eigenvalue weighted by atomic mass is 10.1. The maximum atomic E-state index is 11.3. The summed E-state index contributed by atoms with van der Waals surface area (Å²) in [5, 5.41) is 8.71. The lowest BCUT2D eigenvalue weighted by Crippen LogP contribution is -2.28. The number of ether oxygens (including phenoxy) is 1. The van der Waals surface area contributed by atoms with E-state index in [-0.39, 0.29) is 12.5 Å². The number of hydrogen-bond donors (Lipinski definition) is 1. The summed E-state index contributed by atoms with van der Waals surface area (Å²) < 4.78 is 4.91. The molecule has 80 valence electrons. The van der Waals surface area contributed by atoms with Crippen LogP contribution in [-0.4, -0.2) is 23.1 Å². The zero-order valence-electron chi connectivity index (χ0n) is 8.53. The standard InChI is InChI=1S/C10H16O4/c1-4-6-8(9(11)12)10(13)14-7(3)5-2/h4,7-8H,1,5-6H2,2-3H3,(H,11,12). The highest BCUT2D eigenvalue weighted by molar-refractivity contribution is 5.94. The predicted molar refractivity (Wildman–Crippen MR) is 51.8 cm³/mol. The Morgan fingerprint density at radius 1 is 1.57 bits per heavy atom. The summed E-state index contributed by atoms with van der Waals surface area (Å²) >= 11 is 0. The normalized spacial score (nSPS) is 14.1. The van der Waals surface area contributed by atoms with E-state index >= 15 is 0 Å². The maximum absolute atomic E-state index is 11.3. The molecular formula is C10H16O4. The number of allylic oxidation sites excluding steroid dienone is 1. The number of carbonyl (C=O) groups excluding carboxylic acids is 1. The summed E-state index contributed by atoms with van der Waals surface area (Å²) in [4.78, 5) is 21.9. The van der Waals surface area contributed by atoms with Gasteiger partial charge in [-0.25, -0.2) is 0 Å². The minimum Gasteiger partial charge on any atom is -0.481 e. The van der Waals surface area contributed by atoms with Crippen LogP contribution in [0.25, 0.3) is 0 Å². The van der Waals surface area contributed by atoms with E-state index in [1.807, 2.05) is 6.92 Å². The quantitative estimate of drug-likeness (QED) is 0.402. The molecule has 0 amide bonds. The highest BCUT2D eigenvalue weighted by atomic mass is 16.5. The van der Waals surface area contributed by atoms with Crippen LogP contribution in [0, 0.1) is 5.92 Å². The van der Waals surface area contributed by atoms with Gasteiger partial charge in [0.1, 0.15) is 0 Å². The monoisotopic (exact) mass is 200 g/mol. The molecule has 0 saturated heterocycles. The molecule has 0 spiro atoms. The van der Waals surface area contributed by atoms with Gasteiger partial charge in [0.25, 0.3) is 0 Å². The number of carbonyl (C=O) groups is 2. The Morgan fingerprint density at radius 3 is 2.50 bits per heavy atom. The maximum Gasteiger partial charge on any atom is 0.320 e. The van der Waals surface area contributed by atoms with Crippen LogP contribution in [0.15, 0.2) is 12.7 Å². The smallest absolute Gasteiger partial charge is 0.320 e. The largest absolute Gasteiger partial charge is 0.481 e. The molecule has 0 rings (SSSR count). The van der Waals surface area contributed by atoms with Crippen molar-refractivity contribution < 1.29 is 19.4 Å². The molecule has 2 atom stereocenters. The van der Waals surface area contributed by atoms with Gasteiger partial charge in [0.2, 0.25) is 0 Å². The fourth-order valence-corrected chi connectivity index (χ4v) is 0.828. The summed E-state index contributed by atoms with van der Waals surface area (Å²) in [6.45, 7) is 6.98. The van der Waals surface area contributed by atoms with Crippen molar-refractivity contribution in [1.82, 2.24) is 0 Å². The zero-order valence-corrected chi connectivity index (χ0v) is 8.53. The van der Waals surface area contributed by atoms with Gasteiger partial charge < -0.3 is 9.84 Å². The fraction of sp³-hybridized carbons (Fsp3) is 0.600. The van der Waals surface area contributed by atoms with Crippen LogP contribution < -0.4 is 0 Å². The van der Waals surface area contributed by atoms with E-state index in [1.54, 1.807) is 6.92 Å². The summed E-state index contributed by atoms with van der Waals surface area (Å²) in [6, 6.07) is 0. The molecule has 14 heavy (non-hydrogen) atoms. The lowest BCUT2D eigenvalue weighted by molar-refractivity contribution is -0.161. The van der Waals surface area contributed by atoms with Gasteiger partial charge in [-0.3, -0.25) is 9.59 Å². The molecule has 0 aliphatic carbocycles. The highest BCUT2D eigenvalue weighted by Gasteiger charge is 2.27. The topological polar surface area (TPSA) is 63.6 Å². The van der Waals surface area contributed by atoms with Crippen molar-refractivity contribution in [2.75, 3.05) is 0 Å². The van der Waals surface area contributed by atoms with Gasteiger partial charge in [-0.1, -0.05) is 13.0 Å². The van der Waals surface area contributed by atoms with E-state index in [0.29, 0.717) is 6.42 Å². The zero-order chi connectivity index (χ0) is 11.1. The molecule has 0 aromatic carbocycles. The Morgan fingerprint density at radius 2 is 2.14 bits per heavy atom.